The molecule has 2 aliphatic heterocycles. The lowest BCUT2D eigenvalue weighted by atomic mass is 10.1. The lowest BCUT2D eigenvalue weighted by Gasteiger charge is -2.34. The second kappa shape index (κ2) is 44.5. The molecule has 0 aromatic carbocycles. The minimum atomic E-state index is -0.191. The number of hydrogen-bond acceptors (Lipinski definition) is 27. The van der Waals surface area contributed by atoms with E-state index in [0.717, 1.165) is 191 Å². The van der Waals surface area contributed by atoms with Crippen molar-refractivity contribution in [2.45, 2.75) is 127 Å². The average molecular weight is 1880 g/mol. The zero-order valence-electron chi connectivity index (χ0n) is 76.7. The molecule has 0 unspecified atom stereocenters. The molecular weight excluding hydrogens is 1770 g/mol. The van der Waals surface area contributed by atoms with Gasteiger partial charge in [0.05, 0.1) is 140 Å². The summed E-state index contributed by atoms with van der Waals surface area (Å²) in [5, 5.41) is 35.0. The highest BCUT2D eigenvalue weighted by Gasteiger charge is 2.38. The maximum atomic E-state index is 13.3. The smallest absolute Gasteiger partial charge is 0.257 e. The van der Waals surface area contributed by atoms with Gasteiger partial charge in [0.15, 0.2) is 0 Å². The Kier molecular flexibility index (Phi) is 31.6. The summed E-state index contributed by atoms with van der Waals surface area (Å²) >= 11 is 8.19. The number of aryl methyl sites for hydroxylation is 2. The molecule has 2 saturated heterocycles. The first-order valence-electron chi connectivity index (χ1n) is 45.0. The van der Waals surface area contributed by atoms with Crippen LogP contribution in [0.15, 0.2) is 180 Å². The van der Waals surface area contributed by atoms with Gasteiger partial charge in [0.2, 0.25) is 0 Å². The standard InChI is InChI=1S/C22H26N6OS.C20H24N6OS.C19H21N5OS.C18H21N5OS.C17H17N5OS/c1-2-9-26-10-12-27(13-11-26)21(29)17-15-24-28(20(17)16-5-6-16)22-23-8-7-18(25-22)19-4-3-14-30-19;1-3-8-24-9-11-25(12-10-24)19(27)16-14-22-26(15(16)2)20-21-7-6-17(23-20)18-5-4-13-28-18;1-3-23(4-2)18(25)14-12-21-24(17(14)13-7-8-13)19-20-10-9-15(22-19)16-6-5-11-26-16;1-5-22(6-2)17(24)14-11-20-23(13(14)4)18-19-10-12(3)16(21-18)15-8-7-9-25-15;1-4-7-18-16(23)13-10-20-22(12(13)3)17-19-9-11(2)15(21-17)14-6-5-8-24-14/h3-4,7-8,14-16H,2,5-6,9-13H2,1H3;4-7,13-14H,3,8-12H2,1-2H3;5-6,9-13H,3-4,7-8H2,1-2H3;7-11H,5-6H2,1-4H3;4-6,8-10H,1,7H2,2-3H3,(H,18,23). The Morgan fingerprint density at radius 1 is 0.391 bits per heavy atom. The van der Waals surface area contributed by atoms with E-state index in [1.807, 2.05) is 177 Å². The fourth-order valence-electron chi connectivity index (χ4n) is 15.7. The fraction of sp³-hybridized carbons (Fsp3) is 0.354. The fourth-order valence-corrected chi connectivity index (χ4v) is 19.4. The number of carbonyl (C=O) groups is 5. The van der Waals surface area contributed by atoms with Gasteiger partial charge in [-0.05, 0) is 200 Å². The third-order valence-corrected chi connectivity index (χ3v) is 27.7. The third-order valence-electron chi connectivity index (χ3n) is 23.3. The minimum Gasteiger partial charge on any atom is -0.348 e. The van der Waals surface area contributed by atoms with Gasteiger partial charge in [0, 0.05) is 128 Å². The van der Waals surface area contributed by atoms with E-state index in [0.29, 0.717) is 108 Å². The molecule has 4 aliphatic rings. The molecule has 0 atom stereocenters. The summed E-state index contributed by atoms with van der Waals surface area (Å²) in [5.74, 6) is 3.16. The van der Waals surface area contributed by atoms with Crippen LogP contribution in [0.4, 0.5) is 0 Å². The van der Waals surface area contributed by atoms with Gasteiger partial charge in [0.25, 0.3) is 59.3 Å². The van der Waals surface area contributed by atoms with Crippen molar-refractivity contribution in [3.63, 3.8) is 0 Å². The minimum absolute atomic E-state index is 0.0145. The van der Waals surface area contributed by atoms with Gasteiger partial charge >= 0.3 is 0 Å². The molecule has 0 bridgehead atoms. The van der Waals surface area contributed by atoms with Crippen LogP contribution < -0.4 is 5.32 Å². The van der Waals surface area contributed by atoms with Crippen molar-refractivity contribution in [1.82, 2.24) is 133 Å². The molecule has 32 nitrogen and oxygen atoms in total. The van der Waals surface area contributed by atoms with E-state index in [1.165, 1.54) is 6.20 Å². The Bertz CT molecular complexity index is 6420. The number of carbonyl (C=O) groups excluding carboxylic acids is 5. The SMILES string of the molecule is C=CCNC(=O)c1cnn(-c2ncc(C)c(-c3cccs3)n2)c1C.CCCN1CCN(C(=O)c2cnn(-c3nccc(-c4cccs4)n3)c2C)CC1.CCCN1CCN(C(=O)c2cnn(-c3nccc(-c4cccs4)n3)c2C2CC2)CC1.CCN(CC)C(=O)c1cnn(-c2ncc(C)c(-c3cccs3)n2)c1C.CCN(CC)C(=O)c1cnn(-c2nccc(-c3cccs3)n2)c1C1CC1. The Morgan fingerprint density at radius 2 is 0.722 bits per heavy atom. The molecule has 37 heteroatoms. The highest BCUT2D eigenvalue weighted by molar-refractivity contribution is 7.14. The van der Waals surface area contributed by atoms with Crippen LogP contribution in [0, 0.1) is 34.6 Å². The number of thiophene rings is 5. The van der Waals surface area contributed by atoms with Crippen molar-refractivity contribution in [3.8, 4) is 82.6 Å². The Hall–Kier alpha value is -13.0. The number of nitrogens with zero attached hydrogens (tertiary/aromatic N) is 26. The van der Waals surface area contributed by atoms with Gasteiger partial charge < -0.3 is 24.9 Å². The topological polar surface area (TPSA) is 335 Å². The molecule has 2 saturated carbocycles. The van der Waals surface area contributed by atoms with Gasteiger partial charge in [-0.1, -0.05) is 50.3 Å². The highest BCUT2D eigenvalue weighted by atomic mass is 32.1. The summed E-state index contributed by atoms with van der Waals surface area (Å²) in [7, 11) is 0. The molecule has 17 heterocycles. The van der Waals surface area contributed by atoms with Crippen molar-refractivity contribution in [2.24, 2.45) is 0 Å². The maximum absolute atomic E-state index is 13.3. The first kappa shape index (κ1) is 94.6. The molecule has 133 heavy (non-hydrogen) atoms. The van der Waals surface area contributed by atoms with Crippen LogP contribution in [-0.4, -0.2) is 256 Å². The molecule has 0 radical (unpaired) electrons. The molecule has 4 fully saturated rings. The summed E-state index contributed by atoms with van der Waals surface area (Å²) in [6, 6.07) is 25.9. The van der Waals surface area contributed by atoms with Crippen molar-refractivity contribution in [2.75, 3.05) is 98.2 Å². The van der Waals surface area contributed by atoms with Crippen molar-refractivity contribution < 1.29 is 24.0 Å². The Labute approximate surface area is 793 Å². The van der Waals surface area contributed by atoms with Crippen LogP contribution in [-0.2, 0) is 0 Å². The number of amides is 5. The molecule has 0 spiro atoms. The number of piperazine rings is 2. The van der Waals surface area contributed by atoms with E-state index in [1.54, 1.807) is 147 Å². The van der Waals surface area contributed by atoms with Gasteiger partial charge in [-0.3, -0.25) is 33.8 Å². The second-order valence-corrected chi connectivity index (χ2v) is 36.9. The molecule has 15 aromatic heterocycles. The van der Waals surface area contributed by atoms with Crippen LogP contribution in [0.5, 0.6) is 0 Å². The van der Waals surface area contributed by atoms with E-state index >= 15 is 0 Å². The molecule has 5 amide bonds. The molecule has 1 N–H and O–H groups in total. The van der Waals surface area contributed by atoms with E-state index in [-0.39, 0.29) is 29.5 Å². The molecule has 15 aromatic rings. The zero-order chi connectivity index (χ0) is 93.2. The summed E-state index contributed by atoms with van der Waals surface area (Å²) in [5.41, 5.74) is 13.6. The normalized spacial score (nSPS) is 13.8. The van der Waals surface area contributed by atoms with Crippen molar-refractivity contribution in [3.05, 3.63) is 248 Å². The predicted octanol–water partition coefficient (Wildman–Crippen LogP) is 16.5. The van der Waals surface area contributed by atoms with Crippen LogP contribution in [0.25, 0.3) is 82.6 Å². The quantitative estimate of drug-likeness (QED) is 0.0467. The number of aromatic nitrogens is 20. The van der Waals surface area contributed by atoms with Crippen molar-refractivity contribution >= 4 is 86.2 Å². The second-order valence-electron chi connectivity index (χ2n) is 32.2. The summed E-state index contributed by atoms with van der Waals surface area (Å²) in [6.07, 6.45) is 25.2. The molecule has 2 aliphatic carbocycles. The molecule has 688 valence electrons. The van der Waals surface area contributed by atoms with Crippen LogP contribution in [0.3, 0.4) is 0 Å². The zero-order valence-corrected chi connectivity index (χ0v) is 80.7. The van der Waals surface area contributed by atoms with Gasteiger partial charge in [0.1, 0.15) is 0 Å². The molecular formula is C96H109N27O5S5. The number of hydrogen-bond donors (Lipinski definition) is 1. The summed E-state index contributed by atoms with van der Waals surface area (Å²) in [4.78, 5) is 127. The van der Waals surface area contributed by atoms with Gasteiger partial charge in [-0.2, -0.15) is 25.5 Å². The lowest BCUT2D eigenvalue weighted by molar-refractivity contribution is 0.0630. The monoisotopic (exact) mass is 1880 g/mol. The average Bonchev–Trinajstić information content (AvgIpc) is 1.61. The first-order chi connectivity index (χ1) is 64.8. The van der Waals surface area contributed by atoms with Crippen LogP contribution >= 0.6 is 56.7 Å². The number of nitrogens with one attached hydrogen (secondary N) is 1. The number of rotatable bonds is 27. The van der Waals surface area contributed by atoms with E-state index in [9.17, 15) is 24.0 Å². The van der Waals surface area contributed by atoms with E-state index in [2.05, 4.69) is 112 Å². The molecule has 19 rings (SSSR count). The van der Waals surface area contributed by atoms with Crippen molar-refractivity contribution in [1.29, 1.82) is 0 Å². The van der Waals surface area contributed by atoms with E-state index in [4.69, 9.17) is 4.98 Å². The summed E-state index contributed by atoms with van der Waals surface area (Å²) < 4.78 is 8.41. The first-order valence-corrected chi connectivity index (χ1v) is 49.4. The Morgan fingerprint density at radius 3 is 1.11 bits per heavy atom. The van der Waals surface area contributed by atoms with Gasteiger partial charge in [-0.15, -0.1) is 63.3 Å². The summed E-state index contributed by atoms with van der Waals surface area (Å²) in [6.45, 7) is 37.6. The van der Waals surface area contributed by atoms with Crippen LogP contribution in [0.2, 0.25) is 0 Å². The highest BCUT2D eigenvalue weighted by Crippen LogP contribution is 2.44. The Balaban J connectivity index is 0.000000127. The van der Waals surface area contributed by atoms with E-state index < -0.39 is 0 Å². The maximum Gasteiger partial charge on any atom is 0.257 e. The third kappa shape index (κ3) is 22.2. The lowest BCUT2D eigenvalue weighted by Crippen LogP contribution is -2.48. The largest absolute Gasteiger partial charge is 0.348 e. The van der Waals surface area contributed by atoms with Crippen LogP contribution in [0.1, 0.15) is 183 Å². The predicted molar refractivity (Wildman–Crippen MR) is 522 cm³/mol. The van der Waals surface area contributed by atoms with Gasteiger partial charge in [-0.25, -0.2) is 73.2 Å².